The van der Waals surface area contributed by atoms with Crippen LogP contribution in [0.25, 0.3) is 11.0 Å². The van der Waals surface area contributed by atoms with Crippen LogP contribution in [0.5, 0.6) is 0 Å². The molecular formula is C13H17FN2O2. The van der Waals surface area contributed by atoms with Gasteiger partial charge in [0.05, 0.1) is 6.10 Å². The van der Waals surface area contributed by atoms with Crippen molar-refractivity contribution in [1.29, 1.82) is 0 Å². The zero-order chi connectivity index (χ0) is 13.1. The molecule has 4 nitrogen and oxygen atoms in total. The Kier molecular flexibility index (Phi) is 3.96. The summed E-state index contributed by atoms with van der Waals surface area (Å²) in [5.74, 6) is 5.73. The minimum absolute atomic E-state index is 0.126. The number of halogens is 1. The van der Waals surface area contributed by atoms with Gasteiger partial charge in [0.15, 0.2) is 11.4 Å². The Bertz CT molecular complexity index is 523. The number of nitrogens with two attached hydrogens (primary N) is 1. The monoisotopic (exact) mass is 252 g/mol. The van der Waals surface area contributed by atoms with Gasteiger partial charge < -0.3 is 9.15 Å². The molecular weight excluding hydrogens is 235 g/mol. The number of rotatable bonds is 5. The maximum Gasteiger partial charge on any atom is 0.169 e. The van der Waals surface area contributed by atoms with Gasteiger partial charge in [-0.2, -0.15) is 0 Å². The van der Waals surface area contributed by atoms with E-state index in [4.69, 9.17) is 15.0 Å². The average Bonchev–Trinajstić information content (AvgIpc) is 2.80. The van der Waals surface area contributed by atoms with Crippen LogP contribution in [-0.2, 0) is 4.74 Å². The van der Waals surface area contributed by atoms with E-state index in [1.54, 1.807) is 25.3 Å². The summed E-state index contributed by atoms with van der Waals surface area (Å²) < 4.78 is 24.4. The van der Waals surface area contributed by atoms with Gasteiger partial charge in [-0.15, -0.1) is 0 Å². The summed E-state index contributed by atoms with van der Waals surface area (Å²) in [6.07, 6.45) is 0.642. The summed E-state index contributed by atoms with van der Waals surface area (Å²) in [5, 5.41) is 0.719. The van der Waals surface area contributed by atoms with Crippen molar-refractivity contribution in [2.45, 2.75) is 25.5 Å². The third-order valence-corrected chi connectivity index (χ3v) is 3.08. The van der Waals surface area contributed by atoms with E-state index in [9.17, 15) is 4.39 Å². The Morgan fingerprint density at radius 3 is 2.83 bits per heavy atom. The number of nitrogens with one attached hydrogen (secondary N) is 1. The predicted molar refractivity (Wildman–Crippen MR) is 67.3 cm³/mol. The van der Waals surface area contributed by atoms with Gasteiger partial charge in [-0.3, -0.25) is 5.84 Å². The molecule has 0 bridgehead atoms. The number of para-hydroxylation sites is 1. The molecule has 0 aliphatic carbocycles. The maximum atomic E-state index is 13.6. The Morgan fingerprint density at radius 2 is 2.28 bits per heavy atom. The number of hydrogen-bond donors (Lipinski definition) is 2. The van der Waals surface area contributed by atoms with Gasteiger partial charge in [0, 0.05) is 12.5 Å². The molecule has 2 rings (SSSR count). The summed E-state index contributed by atoms with van der Waals surface area (Å²) in [7, 11) is 1.61. The first-order valence-corrected chi connectivity index (χ1v) is 5.88. The molecule has 2 aromatic rings. The molecule has 5 heteroatoms. The number of hydrogen-bond acceptors (Lipinski definition) is 4. The number of ether oxygens (including phenoxy) is 1. The molecule has 0 amide bonds. The van der Waals surface area contributed by atoms with E-state index in [0.29, 0.717) is 5.76 Å². The lowest BCUT2D eigenvalue weighted by molar-refractivity contribution is 0.0585. The molecule has 18 heavy (non-hydrogen) atoms. The van der Waals surface area contributed by atoms with Crippen LogP contribution in [0.4, 0.5) is 4.39 Å². The van der Waals surface area contributed by atoms with Gasteiger partial charge in [-0.25, -0.2) is 9.82 Å². The molecule has 0 fully saturated rings. The Hall–Kier alpha value is -1.43. The zero-order valence-electron chi connectivity index (χ0n) is 10.4. The van der Waals surface area contributed by atoms with Gasteiger partial charge >= 0.3 is 0 Å². The first-order valence-electron chi connectivity index (χ1n) is 5.88. The highest BCUT2D eigenvalue weighted by atomic mass is 19.1. The molecule has 2 unspecified atom stereocenters. The molecule has 1 aromatic carbocycles. The molecule has 3 N–H and O–H groups in total. The van der Waals surface area contributed by atoms with Crippen molar-refractivity contribution in [2.24, 2.45) is 5.84 Å². The van der Waals surface area contributed by atoms with Crippen molar-refractivity contribution in [2.75, 3.05) is 7.11 Å². The van der Waals surface area contributed by atoms with E-state index in [2.05, 4.69) is 5.43 Å². The van der Waals surface area contributed by atoms with Crippen LogP contribution in [0.3, 0.4) is 0 Å². The normalized spacial score (nSPS) is 14.9. The number of hydrazine groups is 1. The van der Waals surface area contributed by atoms with Crippen LogP contribution in [0.2, 0.25) is 0 Å². The first-order chi connectivity index (χ1) is 8.71. The van der Waals surface area contributed by atoms with E-state index in [-0.39, 0.29) is 23.5 Å². The van der Waals surface area contributed by atoms with Crippen LogP contribution in [-0.4, -0.2) is 13.2 Å². The molecule has 0 radical (unpaired) electrons. The van der Waals surface area contributed by atoms with Crippen LogP contribution >= 0.6 is 0 Å². The van der Waals surface area contributed by atoms with Crippen LogP contribution in [0.1, 0.15) is 25.1 Å². The molecule has 0 aliphatic rings. The Morgan fingerprint density at radius 1 is 1.50 bits per heavy atom. The van der Waals surface area contributed by atoms with Crippen molar-refractivity contribution in [1.82, 2.24) is 5.43 Å². The molecule has 0 saturated heterocycles. The number of fused-ring (bicyclic) bond motifs is 1. The highest BCUT2D eigenvalue weighted by Gasteiger charge is 2.24. The van der Waals surface area contributed by atoms with Gasteiger partial charge in [0.2, 0.25) is 0 Å². The molecule has 2 atom stereocenters. The van der Waals surface area contributed by atoms with Gasteiger partial charge in [0.1, 0.15) is 11.8 Å². The van der Waals surface area contributed by atoms with Crippen molar-refractivity contribution >= 4 is 11.0 Å². The lowest BCUT2D eigenvalue weighted by Crippen LogP contribution is -2.37. The fourth-order valence-corrected chi connectivity index (χ4v) is 2.11. The second-order valence-corrected chi connectivity index (χ2v) is 4.13. The number of benzene rings is 1. The van der Waals surface area contributed by atoms with Gasteiger partial charge in [0.25, 0.3) is 0 Å². The molecule has 98 valence electrons. The average molecular weight is 252 g/mol. The van der Waals surface area contributed by atoms with E-state index in [1.165, 1.54) is 6.07 Å². The second kappa shape index (κ2) is 5.48. The van der Waals surface area contributed by atoms with E-state index in [0.717, 1.165) is 11.8 Å². The lowest BCUT2D eigenvalue weighted by Gasteiger charge is -2.22. The number of furan rings is 1. The van der Waals surface area contributed by atoms with Crippen molar-refractivity contribution < 1.29 is 13.5 Å². The highest BCUT2D eigenvalue weighted by molar-refractivity contribution is 5.78. The van der Waals surface area contributed by atoms with Crippen LogP contribution in [0, 0.1) is 5.82 Å². The Balaban J connectivity index is 2.42. The Labute approximate surface area is 105 Å². The fraction of sp³-hybridized carbons (Fsp3) is 0.385. The van der Waals surface area contributed by atoms with Gasteiger partial charge in [-0.1, -0.05) is 19.1 Å². The summed E-state index contributed by atoms with van der Waals surface area (Å²) in [4.78, 5) is 0. The molecule has 1 aromatic heterocycles. The van der Waals surface area contributed by atoms with Crippen molar-refractivity contribution in [3.05, 3.63) is 35.8 Å². The molecule has 0 saturated carbocycles. The first kappa shape index (κ1) is 13.0. The molecule has 1 heterocycles. The highest BCUT2D eigenvalue weighted by Crippen LogP contribution is 2.28. The van der Waals surface area contributed by atoms with E-state index in [1.807, 2.05) is 6.92 Å². The van der Waals surface area contributed by atoms with E-state index < -0.39 is 0 Å². The SMILES string of the molecule is CCC(OC)C(NN)c1cc2cccc(F)c2o1. The second-order valence-electron chi connectivity index (χ2n) is 4.13. The fourth-order valence-electron chi connectivity index (χ4n) is 2.11. The smallest absolute Gasteiger partial charge is 0.169 e. The van der Waals surface area contributed by atoms with Crippen LogP contribution in [0.15, 0.2) is 28.7 Å². The van der Waals surface area contributed by atoms with E-state index >= 15 is 0 Å². The standard InChI is InChI=1S/C13H17FN2O2/c1-3-10(17-2)12(16-15)11-7-8-5-4-6-9(14)13(8)18-11/h4-7,10,12,16H,3,15H2,1-2H3. The van der Waals surface area contributed by atoms with Gasteiger partial charge in [-0.05, 0) is 18.6 Å². The summed E-state index contributed by atoms with van der Waals surface area (Å²) in [6.45, 7) is 1.99. The minimum atomic E-state index is -0.375. The van der Waals surface area contributed by atoms with Crippen molar-refractivity contribution in [3.63, 3.8) is 0 Å². The summed E-state index contributed by atoms with van der Waals surface area (Å²) in [5.41, 5.74) is 2.91. The quantitative estimate of drug-likeness (QED) is 0.634. The molecule has 0 spiro atoms. The minimum Gasteiger partial charge on any atom is -0.456 e. The van der Waals surface area contributed by atoms with Crippen molar-refractivity contribution in [3.8, 4) is 0 Å². The predicted octanol–water partition coefficient (Wildman–Crippen LogP) is 2.50. The van der Waals surface area contributed by atoms with Crippen LogP contribution < -0.4 is 11.3 Å². The third kappa shape index (κ3) is 2.25. The molecule has 0 aliphatic heterocycles. The largest absolute Gasteiger partial charge is 0.456 e. The number of methoxy groups -OCH3 is 1. The zero-order valence-corrected chi connectivity index (χ0v) is 10.4. The summed E-state index contributed by atoms with van der Waals surface area (Å²) in [6, 6.07) is 6.30. The lowest BCUT2D eigenvalue weighted by atomic mass is 10.1. The summed E-state index contributed by atoms with van der Waals surface area (Å²) >= 11 is 0. The third-order valence-electron chi connectivity index (χ3n) is 3.08. The topological polar surface area (TPSA) is 60.4 Å². The maximum absolute atomic E-state index is 13.6.